The Kier molecular flexibility index (Phi) is 4.94. The molecule has 1 rings (SSSR count). The van der Waals surface area contributed by atoms with Gasteiger partial charge in [0.2, 0.25) is 0 Å². The van der Waals surface area contributed by atoms with Gasteiger partial charge in [-0.15, -0.1) is 0 Å². The molecule has 0 radical (unpaired) electrons. The van der Waals surface area contributed by atoms with Crippen molar-refractivity contribution in [1.29, 1.82) is 0 Å². The highest BCUT2D eigenvalue weighted by Crippen LogP contribution is 2.27. The second-order valence-corrected chi connectivity index (χ2v) is 5.39. The fourth-order valence-electron chi connectivity index (χ4n) is 2.39. The van der Waals surface area contributed by atoms with E-state index in [-0.39, 0.29) is 0 Å². The zero-order valence-electron chi connectivity index (χ0n) is 10.3. The molecule has 0 aromatic heterocycles. The maximum Gasteiger partial charge on any atom is 0.0812 e. The third kappa shape index (κ3) is 4.99. The van der Waals surface area contributed by atoms with Gasteiger partial charge >= 0.3 is 0 Å². The van der Waals surface area contributed by atoms with E-state index in [0.717, 1.165) is 24.4 Å². The molecule has 0 aromatic rings. The molecule has 1 aliphatic heterocycles. The van der Waals surface area contributed by atoms with Crippen molar-refractivity contribution in [2.45, 2.75) is 59.5 Å². The van der Waals surface area contributed by atoms with Crippen LogP contribution in [0.1, 0.15) is 53.4 Å². The fourth-order valence-corrected chi connectivity index (χ4v) is 2.39. The van der Waals surface area contributed by atoms with Crippen LogP contribution in [0.3, 0.4) is 0 Å². The molecule has 0 bridgehead atoms. The van der Waals surface area contributed by atoms with Crippen molar-refractivity contribution in [2.75, 3.05) is 6.61 Å². The highest BCUT2D eigenvalue weighted by molar-refractivity contribution is 4.73. The zero-order chi connectivity index (χ0) is 10.6. The molecular formula is C13H26O. The third-order valence-corrected chi connectivity index (χ3v) is 3.37. The number of hydrogen-bond donors (Lipinski definition) is 0. The lowest BCUT2D eigenvalue weighted by atomic mass is 9.87. The molecule has 0 aromatic carbocycles. The first-order chi connectivity index (χ1) is 6.61. The second-order valence-electron chi connectivity index (χ2n) is 5.39. The van der Waals surface area contributed by atoms with Crippen molar-refractivity contribution in [3.05, 3.63) is 0 Å². The molecule has 4 unspecified atom stereocenters. The van der Waals surface area contributed by atoms with E-state index < -0.39 is 0 Å². The molecule has 1 nitrogen and oxygen atoms in total. The van der Waals surface area contributed by atoms with Gasteiger partial charge in [-0.05, 0) is 37.0 Å². The molecule has 1 heterocycles. The van der Waals surface area contributed by atoms with Gasteiger partial charge in [0.15, 0.2) is 0 Å². The summed E-state index contributed by atoms with van der Waals surface area (Å²) in [4.78, 5) is 0. The molecule has 0 N–H and O–H groups in total. The van der Waals surface area contributed by atoms with Crippen LogP contribution in [0.5, 0.6) is 0 Å². The van der Waals surface area contributed by atoms with Gasteiger partial charge in [0.1, 0.15) is 0 Å². The summed E-state index contributed by atoms with van der Waals surface area (Å²) in [5.41, 5.74) is 0. The summed E-state index contributed by atoms with van der Waals surface area (Å²) < 4.78 is 5.26. The van der Waals surface area contributed by atoms with Gasteiger partial charge in [-0.2, -0.15) is 0 Å². The minimum atomic E-state index is 0.612. The maximum atomic E-state index is 5.26. The van der Waals surface area contributed by atoms with Crippen molar-refractivity contribution < 1.29 is 4.74 Å². The maximum absolute atomic E-state index is 5.26. The standard InChI is InChI=1S/C13H26O/c1-5-10(2)6-11(3)7-12(4)8-13-9-14-13/h10-13H,5-9H2,1-4H3. The predicted octanol–water partition coefficient (Wildman–Crippen LogP) is 3.87. The molecule has 0 aliphatic carbocycles. The highest BCUT2D eigenvalue weighted by atomic mass is 16.6. The summed E-state index contributed by atoms with van der Waals surface area (Å²) in [7, 11) is 0. The lowest BCUT2D eigenvalue weighted by molar-refractivity contribution is 0.301. The van der Waals surface area contributed by atoms with E-state index in [1.807, 2.05) is 0 Å². The fraction of sp³-hybridized carbons (Fsp3) is 1.00. The van der Waals surface area contributed by atoms with E-state index in [4.69, 9.17) is 4.74 Å². The molecule has 1 aliphatic rings. The van der Waals surface area contributed by atoms with Gasteiger partial charge in [0, 0.05) is 0 Å². The molecular weight excluding hydrogens is 172 g/mol. The van der Waals surface area contributed by atoms with Crippen LogP contribution in [-0.4, -0.2) is 12.7 Å². The predicted molar refractivity (Wildman–Crippen MR) is 61.4 cm³/mol. The molecule has 0 amide bonds. The van der Waals surface area contributed by atoms with Gasteiger partial charge in [-0.25, -0.2) is 0 Å². The Morgan fingerprint density at radius 1 is 1.07 bits per heavy atom. The van der Waals surface area contributed by atoms with E-state index in [1.165, 1.54) is 25.7 Å². The van der Waals surface area contributed by atoms with Crippen LogP contribution in [0.4, 0.5) is 0 Å². The Balaban J connectivity index is 2.07. The van der Waals surface area contributed by atoms with Gasteiger partial charge in [-0.1, -0.05) is 34.1 Å². The van der Waals surface area contributed by atoms with E-state index in [2.05, 4.69) is 27.7 Å². The average Bonchev–Trinajstić information content (AvgIpc) is 2.87. The van der Waals surface area contributed by atoms with Crippen LogP contribution >= 0.6 is 0 Å². The first kappa shape index (κ1) is 12.0. The SMILES string of the molecule is CCC(C)CC(C)CC(C)CC1CO1. The number of hydrogen-bond acceptors (Lipinski definition) is 1. The molecule has 1 heteroatoms. The minimum Gasteiger partial charge on any atom is -0.373 e. The van der Waals surface area contributed by atoms with Crippen molar-refractivity contribution >= 4 is 0 Å². The molecule has 0 saturated carbocycles. The van der Waals surface area contributed by atoms with Crippen LogP contribution in [0, 0.1) is 17.8 Å². The topological polar surface area (TPSA) is 12.5 Å². The van der Waals surface area contributed by atoms with Crippen molar-refractivity contribution in [3.63, 3.8) is 0 Å². The summed E-state index contributed by atoms with van der Waals surface area (Å²) in [5, 5.41) is 0. The quantitative estimate of drug-likeness (QED) is 0.566. The highest BCUT2D eigenvalue weighted by Gasteiger charge is 2.25. The molecule has 1 fully saturated rings. The minimum absolute atomic E-state index is 0.612. The Morgan fingerprint density at radius 2 is 1.64 bits per heavy atom. The number of rotatable bonds is 7. The van der Waals surface area contributed by atoms with Crippen LogP contribution in [-0.2, 0) is 4.74 Å². The molecule has 1 saturated heterocycles. The van der Waals surface area contributed by atoms with E-state index in [0.29, 0.717) is 6.10 Å². The van der Waals surface area contributed by atoms with Gasteiger partial charge in [0.25, 0.3) is 0 Å². The Morgan fingerprint density at radius 3 is 2.14 bits per heavy atom. The van der Waals surface area contributed by atoms with Crippen LogP contribution in [0.15, 0.2) is 0 Å². The van der Waals surface area contributed by atoms with Crippen molar-refractivity contribution in [1.82, 2.24) is 0 Å². The van der Waals surface area contributed by atoms with Crippen molar-refractivity contribution in [2.24, 2.45) is 17.8 Å². The summed E-state index contributed by atoms with van der Waals surface area (Å²) in [6.45, 7) is 10.4. The zero-order valence-corrected chi connectivity index (χ0v) is 10.3. The molecule has 4 atom stereocenters. The number of ether oxygens (including phenoxy) is 1. The Bertz CT molecular complexity index is 151. The molecule has 14 heavy (non-hydrogen) atoms. The molecule has 0 spiro atoms. The van der Waals surface area contributed by atoms with Gasteiger partial charge < -0.3 is 4.74 Å². The summed E-state index contributed by atoms with van der Waals surface area (Å²) in [5.74, 6) is 2.63. The van der Waals surface area contributed by atoms with Crippen molar-refractivity contribution in [3.8, 4) is 0 Å². The third-order valence-electron chi connectivity index (χ3n) is 3.37. The molecule has 84 valence electrons. The summed E-state index contributed by atoms with van der Waals surface area (Å²) in [6.07, 6.45) is 5.99. The monoisotopic (exact) mass is 198 g/mol. The average molecular weight is 198 g/mol. The largest absolute Gasteiger partial charge is 0.373 e. The smallest absolute Gasteiger partial charge is 0.0812 e. The van der Waals surface area contributed by atoms with Gasteiger partial charge in [-0.3, -0.25) is 0 Å². The van der Waals surface area contributed by atoms with Crippen LogP contribution < -0.4 is 0 Å². The van der Waals surface area contributed by atoms with Crippen LogP contribution in [0.25, 0.3) is 0 Å². The summed E-state index contributed by atoms with van der Waals surface area (Å²) in [6, 6.07) is 0. The second kappa shape index (κ2) is 5.75. The normalized spacial score (nSPS) is 27.0. The lowest BCUT2D eigenvalue weighted by Crippen LogP contribution is -2.09. The first-order valence-electron chi connectivity index (χ1n) is 6.23. The Hall–Kier alpha value is -0.0400. The Labute approximate surface area is 89.2 Å². The first-order valence-corrected chi connectivity index (χ1v) is 6.23. The lowest BCUT2D eigenvalue weighted by Gasteiger charge is -2.19. The van der Waals surface area contributed by atoms with E-state index in [1.54, 1.807) is 0 Å². The van der Waals surface area contributed by atoms with E-state index >= 15 is 0 Å². The summed E-state index contributed by atoms with van der Waals surface area (Å²) >= 11 is 0. The van der Waals surface area contributed by atoms with Crippen LogP contribution in [0.2, 0.25) is 0 Å². The number of epoxide rings is 1. The van der Waals surface area contributed by atoms with Gasteiger partial charge in [0.05, 0.1) is 12.7 Å². The van der Waals surface area contributed by atoms with E-state index in [9.17, 15) is 0 Å².